The maximum atomic E-state index is 12.3. The molecule has 4 heteroatoms. The minimum atomic E-state index is -0.669. The van der Waals surface area contributed by atoms with Crippen LogP contribution in [0.15, 0.2) is 0 Å². The van der Waals surface area contributed by atoms with E-state index in [1.54, 1.807) is 0 Å². The molecule has 88 valence electrons. The highest BCUT2D eigenvalue weighted by atomic mass is 32.2. The summed E-state index contributed by atoms with van der Waals surface area (Å²) in [6, 6.07) is 2.24. The van der Waals surface area contributed by atoms with Gasteiger partial charge >= 0.3 is 0 Å². The van der Waals surface area contributed by atoms with Crippen molar-refractivity contribution in [2.45, 2.75) is 37.9 Å². The normalized spacial score (nSPS) is 26.7. The topological polar surface area (TPSA) is 44.1 Å². The molecule has 1 saturated carbocycles. The van der Waals surface area contributed by atoms with E-state index in [-0.39, 0.29) is 10.7 Å². The fourth-order valence-electron chi connectivity index (χ4n) is 2.40. The predicted octanol–water partition coefficient (Wildman–Crippen LogP) is 2.03. The van der Waals surface area contributed by atoms with Crippen molar-refractivity contribution in [3.8, 4) is 6.07 Å². The Morgan fingerprint density at radius 3 is 2.56 bits per heavy atom. The van der Waals surface area contributed by atoms with E-state index in [2.05, 4.69) is 19.9 Å². The maximum Gasteiger partial charge on any atom is 0.243 e. The summed E-state index contributed by atoms with van der Waals surface area (Å²) in [6.45, 7) is 5.91. The molecule has 0 bridgehead atoms. The van der Waals surface area contributed by atoms with Crippen LogP contribution in [0.4, 0.5) is 0 Å². The van der Waals surface area contributed by atoms with Crippen molar-refractivity contribution < 1.29 is 4.79 Å². The maximum absolute atomic E-state index is 12.3. The number of hydrogen-bond acceptors (Lipinski definition) is 3. The van der Waals surface area contributed by atoms with Crippen LogP contribution in [0.2, 0.25) is 0 Å². The second-order valence-electron chi connectivity index (χ2n) is 5.38. The molecule has 1 aliphatic carbocycles. The second-order valence-corrected chi connectivity index (χ2v) is 7.18. The zero-order valence-corrected chi connectivity index (χ0v) is 10.8. The van der Waals surface area contributed by atoms with Gasteiger partial charge in [-0.15, -0.1) is 0 Å². The minimum absolute atomic E-state index is 0.0784. The van der Waals surface area contributed by atoms with Crippen LogP contribution in [-0.2, 0) is 4.79 Å². The molecule has 1 heterocycles. The van der Waals surface area contributed by atoms with Crippen LogP contribution in [0.1, 0.15) is 33.1 Å². The molecule has 0 atom stereocenters. The molecule has 1 saturated heterocycles. The quantitative estimate of drug-likeness (QED) is 0.702. The summed E-state index contributed by atoms with van der Waals surface area (Å²) in [7, 11) is 0. The van der Waals surface area contributed by atoms with Crippen molar-refractivity contribution in [1.29, 1.82) is 5.26 Å². The smallest absolute Gasteiger partial charge is 0.243 e. The molecule has 2 rings (SSSR count). The number of rotatable bonds is 1. The van der Waals surface area contributed by atoms with Gasteiger partial charge in [-0.2, -0.15) is 17.0 Å². The standard InChI is InChI=1S/C12H18N2OS/c1-11(2)9-14(6-7-16-11)10(15)12(8-13)4-3-5-12/h3-7,9H2,1-2H3. The lowest BCUT2D eigenvalue weighted by Crippen LogP contribution is -2.53. The highest BCUT2D eigenvalue weighted by molar-refractivity contribution is 8.00. The summed E-state index contributed by atoms with van der Waals surface area (Å²) in [6.07, 6.45) is 2.53. The third kappa shape index (κ3) is 1.93. The largest absolute Gasteiger partial charge is 0.339 e. The number of carbonyl (C=O) groups excluding carboxylic acids is 1. The summed E-state index contributed by atoms with van der Waals surface area (Å²) in [5.74, 6) is 1.06. The summed E-state index contributed by atoms with van der Waals surface area (Å²) in [5.41, 5.74) is -0.669. The molecule has 2 fully saturated rings. The summed E-state index contributed by atoms with van der Waals surface area (Å²) in [4.78, 5) is 14.2. The van der Waals surface area contributed by atoms with Crippen LogP contribution >= 0.6 is 11.8 Å². The van der Waals surface area contributed by atoms with Crippen LogP contribution in [0.3, 0.4) is 0 Å². The van der Waals surface area contributed by atoms with Crippen LogP contribution in [0.5, 0.6) is 0 Å². The molecule has 0 aromatic rings. The third-order valence-corrected chi connectivity index (χ3v) is 4.84. The van der Waals surface area contributed by atoms with Crippen LogP contribution in [0.25, 0.3) is 0 Å². The first-order chi connectivity index (χ1) is 7.49. The predicted molar refractivity (Wildman–Crippen MR) is 65.0 cm³/mol. The zero-order valence-electron chi connectivity index (χ0n) is 9.95. The number of amides is 1. The molecule has 1 amide bonds. The lowest BCUT2D eigenvalue weighted by molar-refractivity contribution is -0.143. The molecule has 1 aliphatic heterocycles. The molecule has 0 aromatic heterocycles. The van der Waals surface area contributed by atoms with Gasteiger partial charge in [0.05, 0.1) is 6.07 Å². The molecule has 0 unspecified atom stereocenters. The van der Waals surface area contributed by atoms with E-state index in [1.807, 2.05) is 16.7 Å². The van der Waals surface area contributed by atoms with Gasteiger partial charge in [0.2, 0.25) is 5.91 Å². The Morgan fingerprint density at radius 1 is 1.44 bits per heavy atom. The highest BCUT2D eigenvalue weighted by Crippen LogP contribution is 2.43. The Balaban J connectivity index is 2.08. The van der Waals surface area contributed by atoms with E-state index in [0.29, 0.717) is 0 Å². The van der Waals surface area contributed by atoms with E-state index in [0.717, 1.165) is 38.1 Å². The molecule has 0 aromatic carbocycles. The van der Waals surface area contributed by atoms with Gasteiger partial charge in [-0.3, -0.25) is 4.79 Å². The lowest BCUT2D eigenvalue weighted by atomic mass is 9.69. The van der Waals surface area contributed by atoms with Crippen molar-refractivity contribution in [3.05, 3.63) is 0 Å². The number of nitriles is 1. The molecule has 2 aliphatic rings. The van der Waals surface area contributed by atoms with E-state index < -0.39 is 5.41 Å². The van der Waals surface area contributed by atoms with Gasteiger partial charge in [0.1, 0.15) is 5.41 Å². The number of hydrogen-bond donors (Lipinski definition) is 0. The number of nitrogens with zero attached hydrogens (tertiary/aromatic N) is 2. The first-order valence-electron chi connectivity index (χ1n) is 5.84. The summed E-state index contributed by atoms with van der Waals surface area (Å²) >= 11 is 1.91. The third-order valence-electron chi connectivity index (χ3n) is 3.54. The van der Waals surface area contributed by atoms with Gasteiger partial charge in [-0.1, -0.05) is 0 Å². The monoisotopic (exact) mass is 238 g/mol. The second kappa shape index (κ2) is 3.96. The first-order valence-corrected chi connectivity index (χ1v) is 6.82. The summed E-state index contributed by atoms with van der Waals surface area (Å²) in [5, 5.41) is 9.16. The Kier molecular flexibility index (Phi) is 2.91. The van der Waals surface area contributed by atoms with Gasteiger partial charge < -0.3 is 4.90 Å². The molecular formula is C12H18N2OS. The van der Waals surface area contributed by atoms with E-state index in [9.17, 15) is 4.79 Å². The Bertz CT molecular complexity index is 341. The molecular weight excluding hydrogens is 220 g/mol. The lowest BCUT2D eigenvalue weighted by Gasteiger charge is -2.43. The highest BCUT2D eigenvalue weighted by Gasteiger charge is 2.48. The molecule has 0 N–H and O–H groups in total. The van der Waals surface area contributed by atoms with Crippen molar-refractivity contribution in [2.24, 2.45) is 5.41 Å². The SMILES string of the molecule is CC1(C)CN(C(=O)C2(C#N)CCC2)CCS1. The van der Waals surface area contributed by atoms with Crippen molar-refractivity contribution >= 4 is 17.7 Å². The van der Waals surface area contributed by atoms with Crippen LogP contribution in [-0.4, -0.2) is 34.4 Å². The Hall–Kier alpha value is -0.690. The fourth-order valence-corrected chi connectivity index (χ4v) is 3.51. The zero-order chi connectivity index (χ0) is 11.8. The van der Waals surface area contributed by atoms with Crippen molar-refractivity contribution in [2.75, 3.05) is 18.8 Å². The molecule has 0 spiro atoms. The van der Waals surface area contributed by atoms with Gasteiger partial charge in [0.15, 0.2) is 0 Å². The fraction of sp³-hybridized carbons (Fsp3) is 0.833. The van der Waals surface area contributed by atoms with Crippen molar-refractivity contribution in [1.82, 2.24) is 4.90 Å². The molecule has 0 radical (unpaired) electrons. The average Bonchev–Trinajstić information content (AvgIpc) is 2.15. The van der Waals surface area contributed by atoms with E-state index in [4.69, 9.17) is 5.26 Å². The minimum Gasteiger partial charge on any atom is -0.339 e. The van der Waals surface area contributed by atoms with Crippen LogP contribution in [0, 0.1) is 16.7 Å². The van der Waals surface area contributed by atoms with Crippen molar-refractivity contribution in [3.63, 3.8) is 0 Å². The summed E-state index contributed by atoms with van der Waals surface area (Å²) < 4.78 is 0.133. The molecule has 3 nitrogen and oxygen atoms in total. The van der Waals surface area contributed by atoms with Gasteiger partial charge in [0.25, 0.3) is 0 Å². The number of carbonyl (C=O) groups is 1. The van der Waals surface area contributed by atoms with Gasteiger partial charge in [-0.25, -0.2) is 0 Å². The Morgan fingerprint density at radius 2 is 2.12 bits per heavy atom. The van der Waals surface area contributed by atoms with Crippen LogP contribution < -0.4 is 0 Å². The average molecular weight is 238 g/mol. The Labute approximate surface area is 101 Å². The van der Waals surface area contributed by atoms with E-state index in [1.165, 1.54) is 0 Å². The van der Waals surface area contributed by atoms with E-state index >= 15 is 0 Å². The molecule has 16 heavy (non-hydrogen) atoms. The van der Waals surface area contributed by atoms with Gasteiger partial charge in [0, 0.05) is 23.6 Å². The number of thioether (sulfide) groups is 1. The first kappa shape index (κ1) is 11.8. The van der Waals surface area contributed by atoms with Gasteiger partial charge in [-0.05, 0) is 33.1 Å².